The molecular formula is C14H19ClN2O. The minimum Gasteiger partial charge on any atom is -0.304 e. The summed E-state index contributed by atoms with van der Waals surface area (Å²) in [6, 6.07) is 8.17. The summed E-state index contributed by atoms with van der Waals surface area (Å²) < 4.78 is 0. The highest BCUT2D eigenvalue weighted by Gasteiger charge is 2.13. The Bertz CT molecular complexity index is 397. The SMILES string of the molecule is CN1CCN(Cc2ccc(CC(=O)Cl)cc2)CC1. The fourth-order valence-corrected chi connectivity index (χ4v) is 2.34. The molecular weight excluding hydrogens is 248 g/mol. The zero-order chi connectivity index (χ0) is 13.0. The van der Waals surface area contributed by atoms with Crippen LogP contribution in [0, 0.1) is 0 Å². The Balaban J connectivity index is 1.88. The van der Waals surface area contributed by atoms with E-state index >= 15 is 0 Å². The molecule has 0 atom stereocenters. The van der Waals surface area contributed by atoms with Crippen LogP contribution in [0.3, 0.4) is 0 Å². The molecule has 0 aliphatic carbocycles. The van der Waals surface area contributed by atoms with E-state index in [0.29, 0.717) is 6.42 Å². The van der Waals surface area contributed by atoms with E-state index in [9.17, 15) is 4.79 Å². The van der Waals surface area contributed by atoms with Gasteiger partial charge in [0.15, 0.2) is 0 Å². The second-order valence-corrected chi connectivity index (χ2v) is 5.35. The number of piperazine rings is 1. The average Bonchev–Trinajstić information content (AvgIpc) is 2.34. The third-order valence-electron chi connectivity index (χ3n) is 3.37. The van der Waals surface area contributed by atoms with Crippen LogP contribution in [0.25, 0.3) is 0 Å². The summed E-state index contributed by atoms with van der Waals surface area (Å²) in [6.45, 7) is 5.51. The predicted octanol–water partition coefficient (Wildman–Crippen LogP) is 1.74. The molecule has 0 aromatic heterocycles. The number of carbonyl (C=O) groups is 1. The van der Waals surface area contributed by atoms with Crippen molar-refractivity contribution >= 4 is 16.8 Å². The quantitative estimate of drug-likeness (QED) is 0.776. The second kappa shape index (κ2) is 6.32. The van der Waals surface area contributed by atoms with E-state index in [4.69, 9.17) is 11.6 Å². The van der Waals surface area contributed by atoms with Crippen LogP contribution in [0.15, 0.2) is 24.3 Å². The number of carbonyl (C=O) groups excluding carboxylic acids is 1. The molecule has 0 radical (unpaired) electrons. The highest BCUT2D eigenvalue weighted by molar-refractivity contribution is 6.63. The molecule has 1 heterocycles. The number of hydrogen-bond acceptors (Lipinski definition) is 3. The zero-order valence-electron chi connectivity index (χ0n) is 10.7. The van der Waals surface area contributed by atoms with Crippen LogP contribution < -0.4 is 0 Å². The van der Waals surface area contributed by atoms with Gasteiger partial charge in [-0.3, -0.25) is 9.69 Å². The molecule has 1 saturated heterocycles. The van der Waals surface area contributed by atoms with Crippen LogP contribution in [0.2, 0.25) is 0 Å². The summed E-state index contributed by atoms with van der Waals surface area (Å²) in [5.41, 5.74) is 2.28. The lowest BCUT2D eigenvalue weighted by Crippen LogP contribution is -2.43. The molecule has 0 unspecified atom stereocenters. The third kappa shape index (κ3) is 4.09. The van der Waals surface area contributed by atoms with Crippen molar-refractivity contribution in [1.82, 2.24) is 9.80 Å². The number of rotatable bonds is 4. The fraction of sp³-hybridized carbons (Fsp3) is 0.500. The van der Waals surface area contributed by atoms with Gasteiger partial charge in [-0.15, -0.1) is 0 Å². The Morgan fingerprint density at radius 3 is 2.22 bits per heavy atom. The lowest BCUT2D eigenvalue weighted by molar-refractivity contribution is -0.111. The predicted molar refractivity (Wildman–Crippen MR) is 73.8 cm³/mol. The minimum absolute atomic E-state index is 0.304. The first kappa shape index (κ1) is 13.5. The van der Waals surface area contributed by atoms with Crippen molar-refractivity contribution in [1.29, 1.82) is 0 Å². The van der Waals surface area contributed by atoms with Gasteiger partial charge in [0.2, 0.25) is 5.24 Å². The van der Waals surface area contributed by atoms with E-state index in [1.807, 2.05) is 12.1 Å². The van der Waals surface area contributed by atoms with E-state index in [1.165, 1.54) is 5.56 Å². The van der Waals surface area contributed by atoms with E-state index < -0.39 is 0 Å². The first-order chi connectivity index (χ1) is 8.63. The van der Waals surface area contributed by atoms with Crippen LogP contribution in [-0.2, 0) is 17.8 Å². The summed E-state index contributed by atoms with van der Waals surface area (Å²) >= 11 is 5.37. The van der Waals surface area contributed by atoms with Gasteiger partial charge in [-0.2, -0.15) is 0 Å². The molecule has 0 spiro atoms. The Morgan fingerprint density at radius 2 is 1.67 bits per heavy atom. The molecule has 3 nitrogen and oxygen atoms in total. The second-order valence-electron chi connectivity index (χ2n) is 4.93. The van der Waals surface area contributed by atoms with E-state index in [2.05, 4.69) is 29.0 Å². The maximum Gasteiger partial charge on any atom is 0.226 e. The topological polar surface area (TPSA) is 23.6 Å². The maximum absolute atomic E-state index is 10.8. The molecule has 4 heteroatoms. The lowest BCUT2D eigenvalue weighted by atomic mass is 10.1. The van der Waals surface area contributed by atoms with E-state index in [0.717, 1.165) is 38.3 Å². The molecule has 18 heavy (non-hydrogen) atoms. The normalized spacial score (nSPS) is 17.9. The first-order valence-electron chi connectivity index (χ1n) is 6.30. The monoisotopic (exact) mass is 266 g/mol. The molecule has 0 amide bonds. The number of nitrogens with zero attached hydrogens (tertiary/aromatic N) is 2. The minimum atomic E-state index is -0.304. The van der Waals surface area contributed by atoms with Crippen molar-refractivity contribution in [2.45, 2.75) is 13.0 Å². The number of hydrogen-bond donors (Lipinski definition) is 0. The molecule has 1 aromatic carbocycles. The van der Waals surface area contributed by atoms with Crippen LogP contribution in [-0.4, -0.2) is 48.3 Å². The Kier molecular flexibility index (Phi) is 4.75. The Hall–Kier alpha value is -0.900. The largest absolute Gasteiger partial charge is 0.304 e. The summed E-state index contributed by atoms with van der Waals surface area (Å²) in [7, 11) is 2.16. The van der Waals surface area contributed by atoms with Gasteiger partial charge in [-0.05, 0) is 29.8 Å². The van der Waals surface area contributed by atoms with Gasteiger partial charge in [-0.1, -0.05) is 24.3 Å². The van der Waals surface area contributed by atoms with Gasteiger partial charge in [0.1, 0.15) is 0 Å². The van der Waals surface area contributed by atoms with Gasteiger partial charge in [-0.25, -0.2) is 0 Å². The highest BCUT2D eigenvalue weighted by Crippen LogP contribution is 2.10. The summed E-state index contributed by atoms with van der Waals surface area (Å²) in [5.74, 6) is 0. The number of benzene rings is 1. The smallest absolute Gasteiger partial charge is 0.226 e. The van der Waals surface area contributed by atoms with Crippen molar-refractivity contribution in [2.75, 3.05) is 33.2 Å². The van der Waals surface area contributed by atoms with E-state index in [-0.39, 0.29) is 5.24 Å². The summed E-state index contributed by atoms with van der Waals surface area (Å²) in [5, 5.41) is -0.304. The molecule has 0 bridgehead atoms. The van der Waals surface area contributed by atoms with Gasteiger partial charge >= 0.3 is 0 Å². The molecule has 2 rings (SSSR count). The van der Waals surface area contributed by atoms with Gasteiger partial charge in [0.05, 0.1) is 0 Å². The lowest BCUT2D eigenvalue weighted by Gasteiger charge is -2.32. The van der Waals surface area contributed by atoms with Crippen molar-refractivity contribution in [3.05, 3.63) is 35.4 Å². The van der Waals surface area contributed by atoms with E-state index in [1.54, 1.807) is 0 Å². The summed E-state index contributed by atoms with van der Waals surface area (Å²) in [6.07, 6.45) is 0.316. The van der Waals surface area contributed by atoms with Crippen LogP contribution in [0.5, 0.6) is 0 Å². The van der Waals surface area contributed by atoms with Crippen molar-refractivity contribution in [2.24, 2.45) is 0 Å². The van der Waals surface area contributed by atoms with Crippen LogP contribution in [0.1, 0.15) is 11.1 Å². The molecule has 0 saturated carbocycles. The number of likely N-dealkylation sites (N-methyl/N-ethyl adjacent to an activating group) is 1. The van der Waals surface area contributed by atoms with Crippen molar-refractivity contribution in [3.8, 4) is 0 Å². The zero-order valence-corrected chi connectivity index (χ0v) is 11.5. The summed E-state index contributed by atoms with van der Waals surface area (Å²) in [4.78, 5) is 15.6. The third-order valence-corrected chi connectivity index (χ3v) is 3.50. The first-order valence-corrected chi connectivity index (χ1v) is 6.68. The average molecular weight is 267 g/mol. The van der Waals surface area contributed by atoms with Crippen molar-refractivity contribution < 1.29 is 4.79 Å². The molecule has 98 valence electrons. The number of halogens is 1. The molecule has 1 aliphatic rings. The fourth-order valence-electron chi connectivity index (χ4n) is 2.19. The Morgan fingerprint density at radius 1 is 1.11 bits per heavy atom. The van der Waals surface area contributed by atoms with Crippen LogP contribution >= 0.6 is 11.6 Å². The molecule has 1 aromatic rings. The van der Waals surface area contributed by atoms with Gasteiger partial charge < -0.3 is 4.90 Å². The van der Waals surface area contributed by atoms with Gasteiger partial charge in [0, 0.05) is 39.1 Å². The molecule has 1 aliphatic heterocycles. The van der Waals surface area contributed by atoms with Gasteiger partial charge in [0.25, 0.3) is 0 Å². The molecule has 1 fully saturated rings. The van der Waals surface area contributed by atoms with Crippen molar-refractivity contribution in [3.63, 3.8) is 0 Å². The van der Waals surface area contributed by atoms with Crippen LogP contribution in [0.4, 0.5) is 0 Å². The highest BCUT2D eigenvalue weighted by atomic mass is 35.5. The molecule has 0 N–H and O–H groups in total. The maximum atomic E-state index is 10.8. The Labute approximate surface area is 113 Å². The standard InChI is InChI=1S/C14H19ClN2O/c1-16-6-8-17(9-7-16)11-13-4-2-12(3-5-13)10-14(15)18/h2-5H,6-11H2,1H3.